The van der Waals surface area contributed by atoms with Gasteiger partial charge in [-0.2, -0.15) is 0 Å². The Balaban J connectivity index is 2.24. The average Bonchev–Trinajstić information content (AvgIpc) is 2.39. The van der Waals surface area contributed by atoms with E-state index in [1.54, 1.807) is 13.0 Å². The summed E-state index contributed by atoms with van der Waals surface area (Å²) in [4.78, 5) is 12.3. The monoisotopic (exact) mass is 262 g/mol. The second kappa shape index (κ2) is 5.78. The van der Waals surface area contributed by atoms with Crippen LogP contribution in [0.4, 0.5) is 0 Å². The van der Waals surface area contributed by atoms with Gasteiger partial charge in [0.05, 0.1) is 12.4 Å². The van der Waals surface area contributed by atoms with Crippen LogP contribution < -0.4 is 0 Å². The smallest absolute Gasteiger partial charge is 0.316 e. The summed E-state index contributed by atoms with van der Waals surface area (Å²) in [6.07, 6.45) is 0. The van der Waals surface area contributed by atoms with Crippen LogP contribution in [0, 0.1) is 0 Å². The molecule has 3 nitrogen and oxygen atoms in total. The van der Waals surface area contributed by atoms with E-state index in [9.17, 15) is 9.90 Å². The van der Waals surface area contributed by atoms with E-state index < -0.39 is 0 Å². The predicted octanol–water partition coefficient (Wildman–Crippen LogP) is 3.20. The molecule has 0 saturated carbocycles. The Hall–Kier alpha value is -1.68. The molecule has 4 heteroatoms. The highest BCUT2D eigenvalue weighted by Crippen LogP contribution is 2.33. The number of fused-ring (bicyclic) bond motifs is 1. The van der Waals surface area contributed by atoms with Gasteiger partial charge in [0, 0.05) is 10.3 Å². The number of esters is 1. The highest BCUT2D eigenvalue weighted by molar-refractivity contribution is 8.00. The van der Waals surface area contributed by atoms with Crippen LogP contribution in [0.25, 0.3) is 10.8 Å². The van der Waals surface area contributed by atoms with Gasteiger partial charge in [-0.05, 0) is 24.4 Å². The number of phenols is 1. The van der Waals surface area contributed by atoms with Crippen molar-refractivity contribution < 1.29 is 14.6 Å². The second-order valence-electron chi connectivity index (χ2n) is 3.72. The Morgan fingerprint density at radius 2 is 1.94 bits per heavy atom. The first kappa shape index (κ1) is 12.8. The van der Waals surface area contributed by atoms with E-state index in [-0.39, 0.29) is 17.5 Å². The Morgan fingerprint density at radius 3 is 2.67 bits per heavy atom. The van der Waals surface area contributed by atoms with Crippen molar-refractivity contribution in [2.45, 2.75) is 11.8 Å². The number of benzene rings is 2. The maximum absolute atomic E-state index is 11.3. The van der Waals surface area contributed by atoms with Crippen LogP contribution in [0.1, 0.15) is 6.92 Å². The Labute approximate surface area is 110 Å². The van der Waals surface area contributed by atoms with E-state index in [0.717, 1.165) is 15.7 Å². The van der Waals surface area contributed by atoms with E-state index in [0.29, 0.717) is 6.61 Å². The third-order valence-electron chi connectivity index (χ3n) is 2.51. The lowest BCUT2D eigenvalue weighted by atomic mass is 10.1. The molecule has 0 heterocycles. The molecular formula is C14H14O3S. The summed E-state index contributed by atoms with van der Waals surface area (Å²) in [7, 11) is 0. The van der Waals surface area contributed by atoms with Crippen molar-refractivity contribution in [3.63, 3.8) is 0 Å². The normalized spacial score (nSPS) is 10.5. The molecule has 0 aliphatic carbocycles. The minimum absolute atomic E-state index is 0.223. The number of hydrogen-bond donors (Lipinski definition) is 1. The lowest BCUT2D eigenvalue weighted by molar-refractivity contribution is -0.139. The van der Waals surface area contributed by atoms with Crippen LogP contribution >= 0.6 is 11.8 Å². The largest absolute Gasteiger partial charge is 0.507 e. The molecule has 2 rings (SSSR count). The molecule has 18 heavy (non-hydrogen) atoms. The van der Waals surface area contributed by atoms with Gasteiger partial charge in [-0.15, -0.1) is 11.8 Å². The van der Waals surface area contributed by atoms with Crippen LogP contribution in [0.2, 0.25) is 0 Å². The Kier molecular flexibility index (Phi) is 4.10. The molecule has 0 aromatic heterocycles. The molecule has 0 radical (unpaired) electrons. The van der Waals surface area contributed by atoms with Crippen LogP contribution in [0.5, 0.6) is 5.75 Å². The molecule has 2 aromatic rings. The van der Waals surface area contributed by atoms with E-state index in [2.05, 4.69) is 0 Å². The van der Waals surface area contributed by atoms with Crippen molar-refractivity contribution in [2.24, 2.45) is 0 Å². The van der Waals surface area contributed by atoms with Gasteiger partial charge in [0.25, 0.3) is 0 Å². The summed E-state index contributed by atoms with van der Waals surface area (Å²) in [5, 5.41) is 11.5. The molecular weight excluding hydrogens is 248 g/mol. The molecule has 1 N–H and O–H groups in total. The van der Waals surface area contributed by atoms with Crippen molar-refractivity contribution in [3.8, 4) is 5.75 Å². The minimum atomic E-state index is -0.223. The van der Waals surface area contributed by atoms with Crippen LogP contribution in [-0.2, 0) is 9.53 Å². The number of phenolic OH excluding ortho intramolecular Hbond substituents is 1. The molecule has 0 atom stereocenters. The first-order valence-electron chi connectivity index (χ1n) is 5.71. The minimum Gasteiger partial charge on any atom is -0.507 e. The Morgan fingerprint density at radius 1 is 1.22 bits per heavy atom. The maximum Gasteiger partial charge on any atom is 0.316 e. The summed E-state index contributed by atoms with van der Waals surface area (Å²) < 4.78 is 4.89. The van der Waals surface area contributed by atoms with Gasteiger partial charge in [0.1, 0.15) is 5.75 Å². The van der Waals surface area contributed by atoms with Crippen molar-refractivity contribution in [1.29, 1.82) is 0 Å². The van der Waals surface area contributed by atoms with E-state index in [1.807, 2.05) is 30.3 Å². The highest BCUT2D eigenvalue weighted by Gasteiger charge is 2.08. The number of ether oxygens (including phenoxy) is 1. The van der Waals surface area contributed by atoms with E-state index in [4.69, 9.17) is 4.74 Å². The molecule has 0 saturated heterocycles. The fraction of sp³-hybridized carbons (Fsp3) is 0.214. The second-order valence-corrected chi connectivity index (χ2v) is 4.74. The lowest BCUT2D eigenvalue weighted by Crippen LogP contribution is -2.06. The third kappa shape index (κ3) is 2.76. The zero-order chi connectivity index (χ0) is 13.0. The van der Waals surface area contributed by atoms with E-state index >= 15 is 0 Å². The SMILES string of the molecule is CCOC(=O)CSc1ccc(O)c2ccccc12. The van der Waals surface area contributed by atoms with Crippen LogP contribution in [0.15, 0.2) is 41.3 Å². The van der Waals surface area contributed by atoms with Crippen LogP contribution in [0.3, 0.4) is 0 Å². The number of carbonyl (C=O) groups excluding carboxylic acids is 1. The summed E-state index contributed by atoms with van der Waals surface area (Å²) in [6, 6.07) is 11.1. The quantitative estimate of drug-likeness (QED) is 0.679. The molecule has 0 aliphatic rings. The zero-order valence-corrected chi connectivity index (χ0v) is 10.9. The average molecular weight is 262 g/mol. The molecule has 2 aromatic carbocycles. The van der Waals surface area contributed by atoms with Gasteiger partial charge >= 0.3 is 5.97 Å². The standard InChI is InChI=1S/C14H14O3S/c1-2-17-14(16)9-18-13-8-7-12(15)10-5-3-4-6-11(10)13/h3-8,15H,2,9H2,1H3. The predicted molar refractivity (Wildman–Crippen MR) is 73.0 cm³/mol. The topological polar surface area (TPSA) is 46.5 Å². The fourth-order valence-corrected chi connectivity index (χ4v) is 2.58. The molecule has 0 unspecified atom stereocenters. The molecule has 0 amide bonds. The number of carbonyl (C=O) groups is 1. The van der Waals surface area contributed by atoms with Crippen molar-refractivity contribution in [3.05, 3.63) is 36.4 Å². The number of rotatable bonds is 4. The fourth-order valence-electron chi connectivity index (χ4n) is 1.72. The van der Waals surface area contributed by atoms with Gasteiger partial charge in [-0.25, -0.2) is 0 Å². The Bertz CT molecular complexity index is 566. The third-order valence-corrected chi connectivity index (χ3v) is 3.56. The molecule has 94 valence electrons. The van der Waals surface area contributed by atoms with Gasteiger partial charge in [-0.1, -0.05) is 24.3 Å². The van der Waals surface area contributed by atoms with Crippen molar-refractivity contribution >= 4 is 28.5 Å². The van der Waals surface area contributed by atoms with Crippen molar-refractivity contribution in [1.82, 2.24) is 0 Å². The molecule has 0 fully saturated rings. The first-order valence-corrected chi connectivity index (χ1v) is 6.70. The lowest BCUT2D eigenvalue weighted by Gasteiger charge is -2.07. The summed E-state index contributed by atoms with van der Waals surface area (Å²) in [6.45, 7) is 2.19. The zero-order valence-electron chi connectivity index (χ0n) is 10.1. The molecule has 0 spiro atoms. The first-order chi connectivity index (χ1) is 8.72. The van der Waals surface area contributed by atoms with Gasteiger partial charge in [-0.3, -0.25) is 4.79 Å². The number of hydrogen-bond acceptors (Lipinski definition) is 4. The van der Waals surface area contributed by atoms with Gasteiger partial charge in [0.15, 0.2) is 0 Å². The summed E-state index contributed by atoms with van der Waals surface area (Å²) in [5.74, 6) is 0.313. The molecule has 0 aliphatic heterocycles. The summed E-state index contributed by atoms with van der Waals surface area (Å²) in [5.41, 5.74) is 0. The number of thioether (sulfide) groups is 1. The van der Waals surface area contributed by atoms with Gasteiger partial charge < -0.3 is 9.84 Å². The maximum atomic E-state index is 11.3. The van der Waals surface area contributed by atoms with Crippen LogP contribution in [-0.4, -0.2) is 23.4 Å². The highest BCUT2D eigenvalue weighted by atomic mass is 32.2. The number of aromatic hydroxyl groups is 1. The van der Waals surface area contributed by atoms with E-state index in [1.165, 1.54) is 11.8 Å². The van der Waals surface area contributed by atoms with Crippen molar-refractivity contribution in [2.75, 3.05) is 12.4 Å². The molecule has 0 bridgehead atoms. The summed E-state index contributed by atoms with van der Waals surface area (Å²) >= 11 is 1.42. The van der Waals surface area contributed by atoms with Gasteiger partial charge in [0.2, 0.25) is 0 Å².